The number of nitrogens with two attached hydrogens (primary N) is 1. The first kappa shape index (κ1) is 14.9. The van der Waals surface area contributed by atoms with E-state index in [2.05, 4.69) is 5.32 Å². The van der Waals surface area contributed by atoms with Gasteiger partial charge in [0.05, 0.1) is 6.04 Å². The smallest absolute Gasteiger partial charge is 0.223 e. The predicted octanol–water partition coefficient (Wildman–Crippen LogP) is 2.52. The summed E-state index contributed by atoms with van der Waals surface area (Å²) < 4.78 is 26.8. The van der Waals surface area contributed by atoms with E-state index in [4.69, 9.17) is 5.73 Å². The Kier molecular flexibility index (Phi) is 4.70. The second kappa shape index (κ2) is 6.31. The lowest BCUT2D eigenvalue weighted by Crippen LogP contribution is -2.36. The highest BCUT2D eigenvalue weighted by atomic mass is 19.1. The Morgan fingerprint density at radius 1 is 1.45 bits per heavy atom. The zero-order valence-corrected chi connectivity index (χ0v) is 11.5. The Labute approximate surface area is 117 Å². The highest BCUT2D eigenvalue weighted by Crippen LogP contribution is 2.31. The second-order valence-corrected chi connectivity index (χ2v) is 5.43. The van der Waals surface area contributed by atoms with Crippen molar-refractivity contribution in [3.63, 3.8) is 0 Å². The number of hydrogen-bond donors (Lipinski definition) is 2. The Balaban J connectivity index is 2.05. The van der Waals surface area contributed by atoms with Gasteiger partial charge in [0.15, 0.2) is 0 Å². The number of carbonyl (C=O) groups is 1. The van der Waals surface area contributed by atoms with Crippen molar-refractivity contribution < 1.29 is 13.6 Å². The van der Waals surface area contributed by atoms with E-state index in [1.54, 1.807) is 6.92 Å². The van der Waals surface area contributed by atoms with Crippen LogP contribution in [0.2, 0.25) is 0 Å². The summed E-state index contributed by atoms with van der Waals surface area (Å²) in [6.07, 6.45) is 2.76. The van der Waals surface area contributed by atoms with Gasteiger partial charge in [0, 0.05) is 11.5 Å². The zero-order chi connectivity index (χ0) is 14.7. The van der Waals surface area contributed by atoms with E-state index in [1.807, 2.05) is 0 Å². The van der Waals surface area contributed by atoms with E-state index < -0.39 is 17.7 Å². The van der Waals surface area contributed by atoms with Gasteiger partial charge in [0.2, 0.25) is 5.91 Å². The van der Waals surface area contributed by atoms with Crippen molar-refractivity contribution in [2.45, 2.75) is 32.2 Å². The van der Waals surface area contributed by atoms with E-state index in [1.165, 1.54) is 0 Å². The number of nitrogens with one attached hydrogen (secondary N) is 1. The number of rotatable bonds is 4. The van der Waals surface area contributed by atoms with Crippen LogP contribution in [0.25, 0.3) is 0 Å². The van der Waals surface area contributed by atoms with Crippen molar-refractivity contribution in [2.75, 3.05) is 6.54 Å². The maximum atomic E-state index is 13.7. The van der Waals surface area contributed by atoms with Crippen LogP contribution >= 0.6 is 0 Å². The molecule has 1 aromatic rings. The molecule has 0 heterocycles. The lowest BCUT2D eigenvalue weighted by atomic mass is 9.94. The molecule has 3 atom stereocenters. The normalized spacial score (nSPS) is 23.6. The third-order valence-electron chi connectivity index (χ3n) is 4.08. The van der Waals surface area contributed by atoms with E-state index >= 15 is 0 Å². The first-order chi connectivity index (χ1) is 9.52. The fraction of sp³-hybridized carbons (Fsp3) is 0.533. The van der Waals surface area contributed by atoms with Crippen molar-refractivity contribution >= 4 is 5.91 Å². The van der Waals surface area contributed by atoms with Gasteiger partial charge < -0.3 is 11.1 Å². The molecule has 1 amide bonds. The molecular weight excluding hydrogens is 262 g/mol. The molecule has 0 aliphatic heterocycles. The highest BCUT2D eigenvalue weighted by molar-refractivity contribution is 5.79. The molecule has 1 aliphatic carbocycles. The molecule has 20 heavy (non-hydrogen) atoms. The van der Waals surface area contributed by atoms with Gasteiger partial charge >= 0.3 is 0 Å². The predicted molar refractivity (Wildman–Crippen MR) is 72.8 cm³/mol. The summed E-state index contributed by atoms with van der Waals surface area (Å²) in [5.74, 6) is -1.06. The van der Waals surface area contributed by atoms with Crippen molar-refractivity contribution in [2.24, 2.45) is 17.6 Å². The Morgan fingerprint density at radius 3 is 2.90 bits per heavy atom. The third-order valence-corrected chi connectivity index (χ3v) is 4.08. The number of halogens is 2. The number of hydrogen-bond acceptors (Lipinski definition) is 2. The Morgan fingerprint density at radius 2 is 2.20 bits per heavy atom. The molecule has 2 rings (SSSR count). The average molecular weight is 282 g/mol. The number of carbonyl (C=O) groups excluding carboxylic acids is 1. The van der Waals surface area contributed by atoms with E-state index in [0.717, 1.165) is 37.5 Å². The minimum absolute atomic E-state index is 0.112. The summed E-state index contributed by atoms with van der Waals surface area (Å²) in [7, 11) is 0. The Hall–Kier alpha value is -1.49. The summed E-state index contributed by atoms with van der Waals surface area (Å²) in [5.41, 5.74) is 5.83. The molecule has 5 heteroatoms. The van der Waals surface area contributed by atoms with E-state index in [-0.39, 0.29) is 23.3 Å². The second-order valence-electron chi connectivity index (χ2n) is 5.43. The molecule has 1 aliphatic rings. The number of amides is 1. The van der Waals surface area contributed by atoms with Gasteiger partial charge in [0.25, 0.3) is 0 Å². The first-order valence-corrected chi connectivity index (χ1v) is 6.98. The standard InChI is InChI=1S/C15H20F2N2O/c1-9(13-7-11(16)5-6-14(13)17)19-15(20)12-4-2-3-10(12)8-18/h5-7,9-10,12H,2-4,8,18H2,1H3,(H,19,20). The topological polar surface area (TPSA) is 55.1 Å². The maximum Gasteiger partial charge on any atom is 0.223 e. The summed E-state index contributed by atoms with van der Waals surface area (Å²) in [6, 6.07) is 2.70. The van der Waals surface area contributed by atoms with Crippen molar-refractivity contribution in [3.8, 4) is 0 Å². The third kappa shape index (κ3) is 3.15. The average Bonchev–Trinajstić information content (AvgIpc) is 2.89. The molecule has 0 radical (unpaired) electrons. The largest absolute Gasteiger partial charge is 0.349 e. The van der Waals surface area contributed by atoms with Gasteiger partial charge in [-0.25, -0.2) is 8.78 Å². The van der Waals surface area contributed by atoms with Crippen molar-refractivity contribution in [1.29, 1.82) is 0 Å². The van der Waals surface area contributed by atoms with Gasteiger partial charge in [0.1, 0.15) is 11.6 Å². The van der Waals surface area contributed by atoms with Crippen LogP contribution in [0, 0.1) is 23.5 Å². The molecule has 0 bridgehead atoms. The molecule has 1 fully saturated rings. The lowest BCUT2D eigenvalue weighted by molar-refractivity contribution is -0.126. The molecule has 1 saturated carbocycles. The monoisotopic (exact) mass is 282 g/mol. The molecule has 110 valence electrons. The van der Waals surface area contributed by atoms with Gasteiger partial charge in [-0.1, -0.05) is 6.42 Å². The van der Waals surface area contributed by atoms with E-state index in [0.29, 0.717) is 6.54 Å². The van der Waals surface area contributed by atoms with Crippen LogP contribution in [0.3, 0.4) is 0 Å². The first-order valence-electron chi connectivity index (χ1n) is 6.98. The van der Waals surface area contributed by atoms with Gasteiger partial charge in [-0.3, -0.25) is 4.79 Å². The molecule has 3 N–H and O–H groups in total. The highest BCUT2D eigenvalue weighted by Gasteiger charge is 2.32. The van der Waals surface area contributed by atoms with Crippen LogP contribution in [0.5, 0.6) is 0 Å². The fourth-order valence-electron chi connectivity index (χ4n) is 2.91. The molecule has 0 saturated heterocycles. The van der Waals surface area contributed by atoms with Crippen LogP contribution in [-0.2, 0) is 4.79 Å². The fourth-order valence-corrected chi connectivity index (χ4v) is 2.91. The maximum absolute atomic E-state index is 13.7. The molecule has 0 aromatic heterocycles. The van der Waals surface area contributed by atoms with Crippen LogP contribution in [-0.4, -0.2) is 12.5 Å². The lowest BCUT2D eigenvalue weighted by Gasteiger charge is -2.21. The minimum atomic E-state index is -0.558. The van der Waals surface area contributed by atoms with E-state index in [9.17, 15) is 13.6 Å². The molecule has 3 nitrogen and oxygen atoms in total. The molecular formula is C15H20F2N2O. The van der Waals surface area contributed by atoms with Gasteiger partial charge in [-0.15, -0.1) is 0 Å². The number of benzene rings is 1. The zero-order valence-electron chi connectivity index (χ0n) is 11.5. The van der Waals surface area contributed by atoms with Gasteiger partial charge in [-0.2, -0.15) is 0 Å². The summed E-state index contributed by atoms with van der Waals surface area (Å²) >= 11 is 0. The van der Waals surface area contributed by atoms with Crippen LogP contribution in [0.15, 0.2) is 18.2 Å². The summed E-state index contributed by atoms with van der Waals surface area (Å²) in [4.78, 5) is 12.2. The SMILES string of the molecule is CC(NC(=O)C1CCCC1CN)c1cc(F)ccc1F. The summed E-state index contributed by atoms with van der Waals surface area (Å²) in [6.45, 7) is 2.14. The van der Waals surface area contributed by atoms with Crippen molar-refractivity contribution in [1.82, 2.24) is 5.32 Å². The van der Waals surface area contributed by atoms with Crippen LogP contribution in [0.1, 0.15) is 37.8 Å². The molecule has 0 spiro atoms. The summed E-state index contributed by atoms with van der Waals surface area (Å²) in [5, 5.41) is 2.77. The Bertz CT molecular complexity index is 493. The molecule has 3 unspecified atom stereocenters. The quantitative estimate of drug-likeness (QED) is 0.891. The van der Waals surface area contributed by atoms with Gasteiger partial charge in [-0.05, 0) is 50.4 Å². The minimum Gasteiger partial charge on any atom is -0.349 e. The van der Waals surface area contributed by atoms with Crippen LogP contribution < -0.4 is 11.1 Å². The molecule has 1 aromatic carbocycles. The van der Waals surface area contributed by atoms with Crippen molar-refractivity contribution in [3.05, 3.63) is 35.4 Å². The van der Waals surface area contributed by atoms with Crippen LogP contribution in [0.4, 0.5) is 8.78 Å².